The SMILES string of the molecule is CC(C)CCN1CCN(S(=O)(=O)c2ccc(F)cc2)CC1. The Kier molecular flexibility index (Phi) is 5.35. The highest BCUT2D eigenvalue weighted by molar-refractivity contribution is 7.89. The van der Waals surface area contributed by atoms with Crippen molar-refractivity contribution in [2.24, 2.45) is 5.92 Å². The lowest BCUT2D eigenvalue weighted by atomic mass is 10.1. The molecular formula is C15H23FN2O2S. The van der Waals surface area contributed by atoms with Gasteiger partial charge in [0.25, 0.3) is 0 Å². The maximum atomic E-state index is 12.9. The molecule has 1 heterocycles. The first-order valence-corrected chi connectivity index (χ1v) is 8.81. The van der Waals surface area contributed by atoms with Crippen molar-refractivity contribution in [2.75, 3.05) is 32.7 Å². The van der Waals surface area contributed by atoms with E-state index in [0.29, 0.717) is 19.0 Å². The second kappa shape index (κ2) is 6.85. The van der Waals surface area contributed by atoms with Gasteiger partial charge in [0, 0.05) is 26.2 Å². The summed E-state index contributed by atoms with van der Waals surface area (Å²) in [7, 11) is -3.49. The first-order chi connectivity index (χ1) is 9.89. The van der Waals surface area contributed by atoms with E-state index >= 15 is 0 Å². The first-order valence-electron chi connectivity index (χ1n) is 7.37. The smallest absolute Gasteiger partial charge is 0.243 e. The molecule has 0 atom stereocenters. The van der Waals surface area contributed by atoms with Crippen molar-refractivity contribution >= 4 is 10.0 Å². The topological polar surface area (TPSA) is 40.6 Å². The molecule has 1 fully saturated rings. The summed E-state index contributed by atoms with van der Waals surface area (Å²) in [4.78, 5) is 2.47. The third kappa shape index (κ3) is 4.25. The van der Waals surface area contributed by atoms with Crippen molar-refractivity contribution in [1.29, 1.82) is 0 Å². The van der Waals surface area contributed by atoms with Crippen LogP contribution >= 0.6 is 0 Å². The zero-order chi connectivity index (χ0) is 15.5. The second-order valence-corrected chi connectivity index (χ2v) is 7.82. The van der Waals surface area contributed by atoms with Gasteiger partial charge in [0.15, 0.2) is 0 Å². The summed E-state index contributed by atoms with van der Waals surface area (Å²) in [6.45, 7) is 7.91. The van der Waals surface area contributed by atoms with E-state index in [2.05, 4.69) is 18.7 Å². The Morgan fingerprint density at radius 1 is 1.10 bits per heavy atom. The molecule has 0 unspecified atom stereocenters. The fourth-order valence-electron chi connectivity index (χ4n) is 2.39. The van der Waals surface area contributed by atoms with Crippen LogP contribution in [0.25, 0.3) is 0 Å². The van der Waals surface area contributed by atoms with E-state index in [-0.39, 0.29) is 4.90 Å². The number of hydrogen-bond acceptors (Lipinski definition) is 3. The lowest BCUT2D eigenvalue weighted by molar-refractivity contribution is 0.180. The number of hydrogen-bond donors (Lipinski definition) is 0. The third-order valence-electron chi connectivity index (χ3n) is 3.81. The Balaban J connectivity index is 1.96. The van der Waals surface area contributed by atoms with Crippen molar-refractivity contribution in [3.05, 3.63) is 30.1 Å². The van der Waals surface area contributed by atoms with Crippen molar-refractivity contribution < 1.29 is 12.8 Å². The van der Waals surface area contributed by atoms with E-state index in [1.54, 1.807) is 0 Å². The van der Waals surface area contributed by atoms with Crippen LogP contribution in [0.1, 0.15) is 20.3 Å². The zero-order valence-corrected chi connectivity index (χ0v) is 13.4. The highest BCUT2D eigenvalue weighted by Gasteiger charge is 2.28. The van der Waals surface area contributed by atoms with Crippen LogP contribution in [0, 0.1) is 11.7 Å². The molecule has 6 heteroatoms. The number of benzene rings is 1. The van der Waals surface area contributed by atoms with Crippen molar-refractivity contribution in [1.82, 2.24) is 9.21 Å². The predicted octanol–water partition coefficient (Wildman–Crippen LogP) is 2.18. The summed E-state index contributed by atoms with van der Waals surface area (Å²) < 4.78 is 39.3. The number of rotatable bonds is 5. The van der Waals surface area contributed by atoms with E-state index in [0.717, 1.165) is 26.1 Å². The van der Waals surface area contributed by atoms with E-state index in [1.807, 2.05) is 0 Å². The van der Waals surface area contributed by atoms with E-state index in [1.165, 1.54) is 28.6 Å². The Bertz CT molecular complexity index is 550. The molecular weight excluding hydrogens is 291 g/mol. The molecule has 0 amide bonds. The molecule has 2 rings (SSSR count). The van der Waals surface area contributed by atoms with Gasteiger partial charge < -0.3 is 4.90 Å². The van der Waals surface area contributed by atoms with E-state index in [4.69, 9.17) is 0 Å². The average Bonchev–Trinajstić information content (AvgIpc) is 2.46. The summed E-state index contributed by atoms with van der Waals surface area (Å²) >= 11 is 0. The highest BCUT2D eigenvalue weighted by Crippen LogP contribution is 2.18. The fraction of sp³-hybridized carbons (Fsp3) is 0.600. The molecule has 1 aromatic rings. The molecule has 0 aromatic heterocycles. The molecule has 0 aliphatic carbocycles. The summed E-state index contributed by atoms with van der Waals surface area (Å²) in [5.41, 5.74) is 0. The number of nitrogens with zero attached hydrogens (tertiary/aromatic N) is 2. The normalized spacial score (nSPS) is 18.3. The first kappa shape index (κ1) is 16.4. The number of halogens is 1. The third-order valence-corrected chi connectivity index (χ3v) is 5.72. The summed E-state index contributed by atoms with van der Waals surface area (Å²) in [6, 6.07) is 5.03. The molecule has 1 aromatic carbocycles. The van der Waals surface area contributed by atoms with Gasteiger partial charge in [-0.25, -0.2) is 12.8 Å². The van der Waals surface area contributed by atoms with Crippen LogP contribution in [-0.2, 0) is 10.0 Å². The number of sulfonamides is 1. The van der Waals surface area contributed by atoms with Gasteiger partial charge in [-0.15, -0.1) is 0 Å². The molecule has 1 aliphatic heterocycles. The lowest BCUT2D eigenvalue weighted by Crippen LogP contribution is -2.48. The molecule has 118 valence electrons. The minimum absolute atomic E-state index is 0.166. The zero-order valence-electron chi connectivity index (χ0n) is 12.6. The van der Waals surface area contributed by atoms with E-state index in [9.17, 15) is 12.8 Å². The largest absolute Gasteiger partial charge is 0.301 e. The van der Waals surface area contributed by atoms with Crippen LogP contribution in [-0.4, -0.2) is 50.3 Å². The Labute approximate surface area is 126 Å². The summed E-state index contributed by atoms with van der Waals surface area (Å²) in [5, 5.41) is 0. The van der Waals surface area contributed by atoms with Gasteiger partial charge in [-0.05, 0) is 43.1 Å². The van der Waals surface area contributed by atoms with Crippen LogP contribution < -0.4 is 0 Å². The van der Waals surface area contributed by atoms with Gasteiger partial charge in [-0.1, -0.05) is 13.8 Å². The van der Waals surface area contributed by atoms with Gasteiger partial charge in [-0.3, -0.25) is 0 Å². The number of piperazine rings is 1. The maximum absolute atomic E-state index is 12.9. The molecule has 1 aliphatic rings. The molecule has 0 saturated carbocycles. The van der Waals surface area contributed by atoms with E-state index < -0.39 is 15.8 Å². The highest BCUT2D eigenvalue weighted by atomic mass is 32.2. The van der Waals surface area contributed by atoms with Gasteiger partial charge in [-0.2, -0.15) is 4.31 Å². The quantitative estimate of drug-likeness (QED) is 0.836. The Morgan fingerprint density at radius 2 is 1.67 bits per heavy atom. The maximum Gasteiger partial charge on any atom is 0.243 e. The van der Waals surface area contributed by atoms with Crippen molar-refractivity contribution in [3.8, 4) is 0 Å². The minimum Gasteiger partial charge on any atom is -0.301 e. The molecule has 0 bridgehead atoms. The standard InChI is InChI=1S/C15H23FN2O2S/c1-13(2)7-8-17-9-11-18(12-10-17)21(19,20)15-5-3-14(16)4-6-15/h3-6,13H,7-12H2,1-2H3. The predicted molar refractivity (Wildman–Crippen MR) is 81.1 cm³/mol. The molecule has 1 saturated heterocycles. The molecule has 0 N–H and O–H groups in total. The molecule has 0 radical (unpaired) electrons. The lowest BCUT2D eigenvalue weighted by Gasteiger charge is -2.34. The summed E-state index contributed by atoms with van der Waals surface area (Å²) in [6.07, 6.45) is 1.13. The Hall–Kier alpha value is -0.980. The van der Waals surface area contributed by atoms with Gasteiger partial charge in [0.2, 0.25) is 10.0 Å². The molecule has 0 spiro atoms. The minimum atomic E-state index is -3.49. The van der Waals surface area contributed by atoms with Gasteiger partial charge in [0.05, 0.1) is 4.90 Å². The summed E-state index contributed by atoms with van der Waals surface area (Å²) in [5.74, 6) is 0.235. The van der Waals surface area contributed by atoms with Gasteiger partial charge in [0.1, 0.15) is 5.82 Å². The van der Waals surface area contributed by atoms with Crippen LogP contribution in [0.15, 0.2) is 29.2 Å². The Morgan fingerprint density at radius 3 is 2.19 bits per heavy atom. The second-order valence-electron chi connectivity index (χ2n) is 5.88. The van der Waals surface area contributed by atoms with Crippen LogP contribution in [0.4, 0.5) is 4.39 Å². The van der Waals surface area contributed by atoms with Crippen molar-refractivity contribution in [3.63, 3.8) is 0 Å². The average molecular weight is 314 g/mol. The van der Waals surface area contributed by atoms with Crippen LogP contribution in [0.3, 0.4) is 0 Å². The van der Waals surface area contributed by atoms with Crippen molar-refractivity contribution in [2.45, 2.75) is 25.2 Å². The van der Waals surface area contributed by atoms with Crippen LogP contribution in [0.5, 0.6) is 0 Å². The van der Waals surface area contributed by atoms with Crippen LogP contribution in [0.2, 0.25) is 0 Å². The molecule has 21 heavy (non-hydrogen) atoms. The molecule has 4 nitrogen and oxygen atoms in total. The fourth-order valence-corrected chi connectivity index (χ4v) is 3.81. The monoisotopic (exact) mass is 314 g/mol. The van der Waals surface area contributed by atoms with Gasteiger partial charge >= 0.3 is 0 Å².